The number of nitrogens with zero attached hydrogens (tertiary/aromatic N) is 1. The predicted octanol–water partition coefficient (Wildman–Crippen LogP) is 1.45. The van der Waals surface area contributed by atoms with Crippen molar-refractivity contribution < 1.29 is 9.53 Å². The number of ether oxygens (including phenoxy) is 1. The monoisotopic (exact) mass is 185 g/mol. The van der Waals surface area contributed by atoms with Gasteiger partial charge in [-0.1, -0.05) is 6.08 Å². The Morgan fingerprint density at radius 1 is 1.54 bits per heavy atom. The maximum Gasteiger partial charge on any atom is 0.307 e. The summed E-state index contributed by atoms with van der Waals surface area (Å²) in [6, 6.07) is 0. The molecule has 0 spiro atoms. The zero-order chi connectivity index (χ0) is 10.1. The van der Waals surface area contributed by atoms with Crippen LogP contribution in [0.5, 0.6) is 0 Å². The van der Waals surface area contributed by atoms with Crippen molar-refractivity contribution in [3.8, 4) is 0 Å². The minimum Gasteiger partial charge on any atom is -0.466 e. The van der Waals surface area contributed by atoms with E-state index in [1.54, 1.807) is 0 Å². The summed E-state index contributed by atoms with van der Waals surface area (Å²) in [6.45, 7) is 7.63. The summed E-state index contributed by atoms with van der Waals surface area (Å²) in [5.74, 6) is -0.118. The normalized spacial score (nSPS) is 10.1. The summed E-state index contributed by atoms with van der Waals surface area (Å²) >= 11 is 0. The lowest BCUT2D eigenvalue weighted by Gasteiger charge is -2.14. The van der Waals surface area contributed by atoms with Crippen LogP contribution in [0.1, 0.15) is 19.8 Å². The van der Waals surface area contributed by atoms with Gasteiger partial charge in [-0.05, 0) is 20.4 Å². The van der Waals surface area contributed by atoms with Crippen molar-refractivity contribution in [2.45, 2.75) is 19.8 Å². The lowest BCUT2D eigenvalue weighted by Crippen LogP contribution is -2.23. The molecule has 0 aliphatic heterocycles. The Morgan fingerprint density at radius 2 is 2.23 bits per heavy atom. The molecule has 0 aliphatic rings. The summed E-state index contributed by atoms with van der Waals surface area (Å²) in [4.78, 5) is 13.0. The van der Waals surface area contributed by atoms with Crippen molar-refractivity contribution in [3.05, 3.63) is 12.7 Å². The van der Waals surface area contributed by atoms with Crippen LogP contribution < -0.4 is 0 Å². The molecule has 3 nitrogen and oxygen atoms in total. The van der Waals surface area contributed by atoms with Crippen LogP contribution >= 0.6 is 0 Å². The van der Waals surface area contributed by atoms with Crippen LogP contribution in [0, 0.1) is 0 Å². The molecule has 3 heteroatoms. The van der Waals surface area contributed by atoms with Gasteiger partial charge in [0.2, 0.25) is 0 Å². The third kappa shape index (κ3) is 7.53. The second-order valence-corrected chi connectivity index (χ2v) is 2.94. The molecule has 0 radical (unpaired) electrons. The molecule has 0 amide bonds. The van der Waals surface area contributed by atoms with Gasteiger partial charge in [0.05, 0.1) is 13.0 Å². The standard InChI is InChI=1S/C10H19NO2/c1-4-6-8-11(3)9-7-10(12)13-5-2/h4H,1,5-9H2,2-3H3. The van der Waals surface area contributed by atoms with Gasteiger partial charge >= 0.3 is 5.97 Å². The van der Waals surface area contributed by atoms with Crippen molar-refractivity contribution in [2.24, 2.45) is 0 Å². The minimum absolute atomic E-state index is 0.118. The summed E-state index contributed by atoms with van der Waals surface area (Å²) in [6.07, 6.45) is 3.31. The number of rotatable bonds is 7. The largest absolute Gasteiger partial charge is 0.466 e. The summed E-state index contributed by atoms with van der Waals surface area (Å²) in [5.41, 5.74) is 0. The number of carbonyl (C=O) groups excluding carboxylic acids is 1. The molecular formula is C10H19NO2. The van der Waals surface area contributed by atoms with E-state index in [0.717, 1.165) is 19.5 Å². The van der Waals surface area contributed by atoms with Crippen LogP contribution in [-0.4, -0.2) is 37.6 Å². The van der Waals surface area contributed by atoms with E-state index < -0.39 is 0 Å². The molecule has 13 heavy (non-hydrogen) atoms. The van der Waals surface area contributed by atoms with Crippen LogP contribution in [0.2, 0.25) is 0 Å². The predicted molar refractivity (Wildman–Crippen MR) is 53.6 cm³/mol. The molecule has 0 aromatic heterocycles. The maximum atomic E-state index is 11.0. The highest BCUT2D eigenvalue weighted by Gasteiger charge is 2.03. The zero-order valence-corrected chi connectivity index (χ0v) is 8.58. The van der Waals surface area contributed by atoms with Gasteiger partial charge in [-0.2, -0.15) is 0 Å². The average molecular weight is 185 g/mol. The van der Waals surface area contributed by atoms with Gasteiger partial charge in [0.1, 0.15) is 0 Å². The summed E-state index contributed by atoms with van der Waals surface area (Å²) in [5, 5.41) is 0. The molecule has 0 saturated carbocycles. The smallest absolute Gasteiger partial charge is 0.307 e. The number of carbonyl (C=O) groups is 1. The highest BCUT2D eigenvalue weighted by molar-refractivity contribution is 5.69. The fourth-order valence-corrected chi connectivity index (χ4v) is 0.939. The highest BCUT2D eigenvalue weighted by Crippen LogP contribution is 1.93. The number of hydrogen-bond acceptors (Lipinski definition) is 3. The number of hydrogen-bond donors (Lipinski definition) is 0. The molecule has 76 valence electrons. The van der Waals surface area contributed by atoms with E-state index in [2.05, 4.69) is 11.5 Å². The quantitative estimate of drug-likeness (QED) is 0.444. The lowest BCUT2D eigenvalue weighted by molar-refractivity contribution is -0.143. The van der Waals surface area contributed by atoms with E-state index in [4.69, 9.17) is 4.74 Å². The van der Waals surface area contributed by atoms with Crippen LogP contribution in [0.4, 0.5) is 0 Å². The van der Waals surface area contributed by atoms with Crippen molar-refractivity contribution in [1.29, 1.82) is 0 Å². The molecule has 0 heterocycles. The second-order valence-electron chi connectivity index (χ2n) is 2.94. The first-order valence-corrected chi connectivity index (χ1v) is 4.65. The highest BCUT2D eigenvalue weighted by atomic mass is 16.5. The van der Waals surface area contributed by atoms with Crippen LogP contribution in [0.25, 0.3) is 0 Å². The average Bonchev–Trinajstić information content (AvgIpc) is 2.12. The summed E-state index contributed by atoms with van der Waals surface area (Å²) < 4.78 is 4.81. The molecule has 0 rings (SSSR count). The molecule has 0 atom stereocenters. The van der Waals surface area contributed by atoms with Crippen molar-refractivity contribution in [3.63, 3.8) is 0 Å². The van der Waals surface area contributed by atoms with E-state index in [1.165, 1.54) is 0 Å². The fraction of sp³-hybridized carbons (Fsp3) is 0.700. The lowest BCUT2D eigenvalue weighted by atomic mass is 10.3. The first-order chi connectivity index (χ1) is 6.20. The Kier molecular flexibility index (Phi) is 7.30. The van der Waals surface area contributed by atoms with Crippen LogP contribution in [-0.2, 0) is 9.53 Å². The molecule has 0 aromatic rings. The van der Waals surface area contributed by atoms with Crippen molar-refractivity contribution in [1.82, 2.24) is 4.90 Å². The van der Waals surface area contributed by atoms with Crippen molar-refractivity contribution >= 4 is 5.97 Å². The van der Waals surface area contributed by atoms with E-state index >= 15 is 0 Å². The molecular weight excluding hydrogens is 166 g/mol. The van der Waals surface area contributed by atoms with Gasteiger partial charge < -0.3 is 9.64 Å². The number of esters is 1. The Hall–Kier alpha value is -0.830. The molecule has 0 saturated heterocycles. The van der Waals surface area contributed by atoms with Gasteiger partial charge in [-0.3, -0.25) is 4.79 Å². The molecule has 0 unspecified atom stereocenters. The second kappa shape index (κ2) is 7.80. The molecule has 0 bridgehead atoms. The van der Waals surface area contributed by atoms with Crippen LogP contribution in [0.3, 0.4) is 0 Å². The first-order valence-electron chi connectivity index (χ1n) is 4.65. The Balaban J connectivity index is 3.39. The summed E-state index contributed by atoms with van der Waals surface area (Å²) in [7, 11) is 1.99. The van der Waals surface area contributed by atoms with E-state index in [9.17, 15) is 4.79 Å². The Morgan fingerprint density at radius 3 is 2.77 bits per heavy atom. The SMILES string of the molecule is C=CCCN(C)CCC(=O)OCC. The van der Waals surface area contributed by atoms with E-state index in [-0.39, 0.29) is 5.97 Å². The maximum absolute atomic E-state index is 11.0. The first kappa shape index (κ1) is 12.2. The van der Waals surface area contributed by atoms with Gasteiger partial charge in [0.15, 0.2) is 0 Å². The van der Waals surface area contributed by atoms with Gasteiger partial charge in [-0.15, -0.1) is 6.58 Å². The molecule has 0 aromatic carbocycles. The Bertz CT molecular complexity index is 157. The topological polar surface area (TPSA) is 29.5 Å². The van der Waals surface area contributed by atoms with Crippen molar-refractivity contribution in [2.75, 3.05) is 26.7 Å². The van der Waals surface area contributed by atoms with E-state index in [1.807, 2.05) is 20.0 Å². The van der Waals surface area contributed by atoms with Gasteiger partial charge in [0.25, 0.3) is 0 Å². The third-order valence-corrected chi connectivity index (χ3v) is 1.72. The minimum atomic E-state index is -0.118. The van der Waals surface area contributed by atoms with E-state index in [0.29, 0.717) is 13.0 Å². The molecule has 0 aliphatic carbocycles. The fourth-order valence-electron chi connectivity index (χ4n) is 0.939. The van der Waals surface area contributed by atoms with Gasteiger partial charge in [0, 0.05) is 13.1 Å². The van der Waals surface area contributed by atoms with Gasteiger partial charge in [-0.25, -0.2) is 0 Å². The Labute approximate surface area is 80.4 Å². The molecule has 0 N–H and O–H groups in total. The van der Waals surface area contributed by atoms with Crippen LogP contribution in [0.15, 0.2) is 12.7 Å². The molecule has 0 fully saturated rings. The zero-order valence-electron chi connectivity index (χ0n) is 8.58. The third-order valence-electron chi connectivity index (χ3n) is 1.72.